The molecule has 2 aromatic rings. The van der Waals surface area contributed by atoms with E-state index in [1.54, 1.807) is 5.01 Å². The summed E-state index contributed by atoms with van der Waals surface area (Å²) in [7, 11) is 0. The van der Waals surface area contributed by atoms with Crippen molar-refractivity contribution in [2.45, 2.75) is 13.1 Å². The quantitative estimate of drug-likeness (QED) is 0.820. The number of amidine groups is 1. The zero-order valence-electron chi connectivity index (χ0n) is 13.4. The molecular weight excluding hydrogens is 400 g/mol. The van der Waals surface area contributed by atoms with Crippen LogP contribution in [0.4, 0.5) is 0 Å². The fourth-order valence-corrected chi connectivity index (χ4v) is 3.73. The van der Waals surface area contributed by atoms with Crippen molar-refractivity contribution in [3.8, 4) is 0 Å². The summed E-state index contributed by atoms with van der Waals surface area (Å²) in [5.41, 5.74) is 1.52. The Kier molecular flexibility index (Phi) is 4.35. The van der Waals surface area contributed by atoms with Crippen molar-refractivity contribution >= 4 is 44.5 Å². The first kappa shape index (κ1) is 16.4. The van der Waals surface area contributed by atoms with Gasteiger partial charge in [0.05, 0.1) is 5.36 Å². The lowest BCUT2D eigenvalue weighted by Gasteiger charge is -2.34. The number of hydrazone groups is 1. The molecule has 2 aliphatic heterocycles. The van der Waals surface area contributed by atoms with Crippen LogP contribution in [-0.4, -0.2) is 21.8 Å². The van der Waals surface area contributed by atoms with E-state index in [0.29, 0.717) is 10.9 Å². The van der Waals surface area contributed by atoms with Gasteiger partial charge >= 0.3 is 0 Å². The van der Waals surface area contributed by atoms with E-state index in [1.165, 1.54) is 11.8 Å². The first-order valence-corrected chi connectivity index (χ1v) is 9.70. The van der Waals surface area contributed by atoms with Crippen molar-refractivity contribution in [2.75, 3.05) is 5.75 Å². The lowest BCUT2D eigenvalue weighted by molar-refractivity contribution is -0.116. The molecule has 4 rings (SSSR count). The molecule has 0 aromatic heterocycles. The largest absolute Gasteiger partial charge is 0.298 e. The Bertz CT molecular complexity index is 987. The second kappa shape index (κ2) is 6.65. The minimum absolute atomic E-state index is 0.143. The molecular formula is C18H15BrN4OS. The summed E-state index contributed by atoms with van der Waals surface area (Å²) >= 11 is 4.97. The van der Waals surface area contributed by atoms with E-state index < -0.39 is 0 Å². The smallest absolute Gasteiger partial charge is 0.276 e. The van der Waals surface area contributed by atoms with Gasteiger partial charge in [0.2, 0.25) is 0 Å². The van der Waals surface area contributed by atoms with Crippen molar-refractivity contribution in [2.24, 2.45) is 10.1 Å². The number of hydrogen-bond donors (Lipinski definition) is 1. The predicted octanol–water partition coefficient (Wildman–Crippen LogP) is 2.35. The van der Waals surface area contributed by atoms with Crippen molar-refractivity contribution in [1.82, 2.24) is 10.3 Å². The highest BCUT2D eigenvalue weighted by Crippen LogP contribution is 2.31. The molecule has 5 nitrogen and oxygen atoms in total. The summed E-state index contributed by atoms with van der Waals surface area (Å²) in [6.45, 7) is 2.03. The molecule has 0 unspecified atom stereocenters. The Morgan fingerprint density at radius 3 is 2.72 bits per heavy atom. The number of nitrogens with zero attached hydrogens (tertiary/aromatic N) is 3. The molecule has 2 aliphatic rings. The summed E-state index contributed by atoms with van der Waals surface area (Å²) in [6, 6.07) is 15.6. The topological polar surface area (TPSA) is 57.1 Å². The second-order valence-electron chi connectivity index (χ2n) is 5.56. The summed E-state index contributed by atoms with van der Waals surface area (Å²) in [4.78, 5) is 17.6. The van der Waals surface area contributed by atoms with Gasteiger partial charge in [-0.3, -0.25) is 15.1 Å². The molecule has 7 heteroatoms. The van der Waals surface area contributed by atoms with Gasteiger partial charge in [0.25, 0.3) is 5.91 Å². The second-order valence-corrected chi connectivity index (χ2v) is 7.73. The van der Waals surface area contributed by atoms with Gasteiger partial charge in [-0.05, 0) is 29.5 Å². The lowest BCUT2D eigenvalue weighted by atomic mass is 10.1. The van der Waals surface area contributed by atoms with E-state index in [0.717, 1.165) is 26.4 Å². The number of amides is 1. The van der Waals surface area contributed by atoms with Gasteiger partial charge in [0.1, 0.15) is 5.70 Å². The van der Waals surface area contributed by atoms with Crippen LogP contribution in [0.1, 0.15) is 18.7 Å². The number of para-hydroxylation sites is 1. The van der Waals surface area contributed by atoms with Gasteiger partial charge in [-0.2, -0.15) is 0 Å². The van der Waals surface area contributed by atoms with Gasteiger partial charge in [0.15, 0.2) is 11.3 Å². The molecule has 126 valence electrons. The zero-order valence-corrected chi connectivity index (χ0v) is 15.8. The first-order valence-electron chi connectivity index (χ1n) is 7.92. The van der Waals surface area contributed by atoms with Crippen LogP contribution in [0.25, 0.3) is 5.70 Å². The number of carbonyl (C=O) groups is 1. The molecule has 0 saturated carbocycles. The molecule has 25 heavy (non-hydrogen) atoms. The van der Waals surface area contributed by atoms with Crippen LogP contribution in [-0.2, 0) is 4.79 Å². The number of halogens is 1. The van der Waals surface area contributed by atoms with E-state index in [4.69, 9.17) is 4.99 Å². The minimum atomic E-state index is -0.364. The number of carbonyl (C=O) groups excluding carboxylic acids is 1. The Hall–Kier alpha value is -2.12. The first-order chi connectivity index (χ1) is 12.2. The number of rotatable bonds is 2. The molecule has 2 aromatic carbocycles. The SMILES string of the molecule is CCSC1=NN2C(=c3ccccc3=N[C@@H]2c2ccc(Br)cc2)C(=O)N1. The highest BCUT2D eigenvalue weighted by Gasteiger charge is 2.34. The molecule has 0 radical (unpaired) electrons. The van der Waals surface area contributed by atoms with E-state index in [1.807, 2.05) is 55.5 Å². The molecule has 0 fully saturated rings. The maximum absolute atomic E-state index is 12.8. The molecule has 0 bridgehead atoms. The highest BCUT2D eigenvalue weighted by molar-refractivity contribution is 9.10. The van der Waals surface area contributed by atoms with Crippen molar-refractivity contribution in [1.29, 1.82) is 0 Å². The van der Waals surface area contributed by atoms with Gasteiger partial charge in [-0.15, -0.1) is 5.10 Å². The summed E-state index contributed by atoms with van der Waals surface area (Å²) in [5.74, 6) is 0.689. The van der Waals surface area contributed by atoms with Crippen LogP contribution in [0.5, 0.6) is 0 Å². The van der Waals surface area contributed by atoms with Crippen LogP contribution in [0.3, 0.4) is 0 Å². The predicted molar refractivity (Wildman–Crippen MR) is 103 cm³/mol. The monoisotopic (exact) mass is 414 g/mol. The Morgan fingerprint density at radius 2 is 1.96 bits per heavy atom. The van der Waals surface area contributed by atoms with Gasteiger partial charge in [-0.1, -0.05) is 64.9 Å². The normalized spacial score (nSPS) is 18.7. The average Bonchev–Trinajstić information content (AvgIpc) is 2.62. The summed E-state index contributed by atoms with van der Waals surface area (Å²) < 4.78 is 0.999. The van der Waals surface area contributed by atoms with Crippen molar-refractivity contribution in [3.63, 3.8) is 0 Å². The van der Waals surface area contributed by atoms with E-state index in [9.17, 15) is 4.79 Å². The van der Waals surface area contributed by atoms with Gasteiger partial charge in [-0.25, -0.2) is 5.01 Å². The fraction of sp³-hybridized carbons (Fsp3) is 0.167. The number of thioether (sulfide) groups is 1. The van der Waals surface area contributed by atoms with Crippen LogP contribution >= 0.6 is 27.7 Å². The molecule has 1 N–H and O–H groups in total. The fourth-order valence-electron chi connectivity index (χ4n) is 2.88. The third-order valence-corrected chi connectivity index (χ3v) is 5.24. The number of benzene rings is 2. The Balaban J connectivity index is 1.94. The van der Waals surface area contributed by atoms with E-state index in [2.05, 4.69) is 26.3 Å². The molecule has 1 atom stereocenters. The highest BCUT2D eigenvalue weighted by atomic mass is 79.9. The Labute approximate surface area is 157 Å². The molecule has 0 aliphatic carbocycles. The van der Waals surface area contributed by atoms with Crippen molar-refractivity contribution in [3.05, 3.63) is 69.1 Å². The zero-order chi connectivity index (χ0) is 17.4. The van der Waals surface area contributed by atoms with Crippen LogP contribution < -0.4 is 15.9 Å². The van der Waals surface area contributed by atoms with Crippen LogP contribution in [0.15, 0.2) is 63.1 Å². The minimum Gasteiger partial charge on any atom is -0.298 e. The maximum Gasteiger partial charge on any atom is 0.276 e. The standard InChI is InChI=1S/C18H15BrN4OS/c1-2-25-18-21-17(24)15-13-5-3-4-6-14(13)20-16(23(15)22-18)11-7-9-12(19)10-8-11/h3-10,16H,2H2,1H3,(H,21,22,24)/t16-/m0/s1. The van der Waals surface area contributed by atoms with Gasteiger partial charge < -0.3 is 0 Å². The van der Waals surface area contributed by atoms with E-state index in [-0.39, 0.29) is 12.1 Å². The lowest BCUT2D eigenvalue weighted by Crippen LogP contribution is -2.50. The maximum atomic E-state index is 12.8. The van der Waals surface area contributed by atoms with Crippen LogP contribution in [0, 0.1) is 0 Å². The summed E-state index contributed by atoms with van der Waals surface area (Å²) in [5, 5.41) is 11.5. The Morgan fingerprint density at radius 1 is 1.20 bits per heavy atom. The summed E-state index contributed by atoms with van der Waals surface area (Å²) in [6.07, 6.45) is -0.364. The molecule has 2 heterocycles. The van der Waals surface area contributed by atoms with Gasteiger partial charge in [0, 0.05) is 9.69 Å². The van der Waals surface area contributed by atoms with Crippen LogP contribution in [0.2, 0.25) is 0 Å². The number of nitrogens with one attached hydrogen (secondary N) is 1. The molecule has 0 spiro atoms. The molecule has 0 saturated heterocycles. The number of hydrogen-bond acceptors (Lipinski definition) is 5. The molecule has 1 amide bonds. The van der Waals surface area contributed by atoms with Crippen molar-refractivity contribution < 1.29 is 4.79 Å². The third kappa shape index (κ3) is 2.98. The van der Waals surface area contributed by atoms with E-state index >= 15 is 0 Å². The number of fused-ring (bicyclic) bond motifs is 2. The average molecular weight is 415 g/mol. The third-order valence-electron chi connectivity index (χ3n) is 3.96.